The van der Waals surface area contributed by atoms with Crippen molar-refractivity contribution >= 4 is 34.8 Å². The number of benzene rings is 1. The van der Waals surface area contributed by atoms with Crippen LogP contribution in [0.15, 0.2) is 36.5 Å². The SMILES string of the molecule is Cc1nc2c(Cl)cc(C(F)(F)F)cn2c1C(=O)NCc1ccccc1Cl. The molecule has 0 radical (unpaired) electrons. The maximum absolute atomic E-state index is 13.0. The smallest absolute Gasteiger partial charge is 0.347 e. The van der Waals surface area contributed by atoms with Crippen LogP contribution < -0.4 is 5.32 Å². The van der Waals surface area contributed by atoms with Crippen molar-refractivity contribution in [3.05, 3.63) is 69.1 Å². The Balaban J connectivity index is 1.98. The fourth-order valence-corrected chi connectivity index (χ4v) is 3.00. The largest absolute Gasteiger partial charge is 0.417 e. The molecule has 0 spiro atoms. The Morgan fingerprint density at radius 1 is 1.23 bits per heavy atom. The fourth-order valence-electron chi connectivity index (χ4n) is 2.55. The van der Waals surface area contributed by atoms with Crippen molar-refractivity contribution in [1.82, 2.24) is 14.7 Å². The zero-order valence-corrected chi connectivity index (χ0v) is 14.9. The van der Waals surface area contributed by atoms with E-state index < -0.39 is 17.6 Å². The first-order valence-corrected chi connectivity index (χ1v) is 8.21. The van der Waals surface area contributed by atoms with Gasteiger partial charge < -0.3 is 5.32 Å². The Bertz CT molecular complexity index is 999. The molecule has 0 aliphatic heterocycles. The van der Waals surface area contributed by atoms with Crippen molar-refractivity contribution < 1.29 is 18.0 Å². The lowest BCUT2D eigenvalue weighted by molar-refractivity contribution is -0.137. The number of aromatic nitrogens is 2. The number of hydrogen-bond acceptors (Lipinski definition) is 2. The topological polar surface area (TPSA) is 46.4 Å². The predicted molar refractivity (Wildman–Crippen MR) is 92.6 cm³/mol. The summed E-state index contributed by atoms with van der Waals surface area (Å²) in [6, 6.07) is 7.72. The number of hydrogen-bond donors (Lipinski definition) is 1. The van der Waals surface area contributed by atoms with Crippen molar-refractivity contribution in [2.75, 3.05) is 0 Å². The molecule has 2 aromatic heterocycles. The second-order valence-corrected chi connectivity index (χ2v) is 6.40. The number of rotatable bonds is 3. The molecule has 26 heavy (non-hydrogen) atoms. The molecular formula is C17H12Cl2F3N3O. The minimum atomic E-state index is -4.60. The summed E-state index contributed by atoms with van der Waals surface area (Å²) < 4.78 is 40.2. The van der Waals surface area contributed by atoms with Gasteiger partial charge in [0, 0.05) is 17.8 Å². The van der Waals surface area contributed by atoms with Gasteiger partial charge in [-0.05, 0) is 24.6 Å². The van der Waals surface area contributed by atoms with Crippen molar-refractivity contribution in [3.63, 3.8) is 0 Å². The number of alkyl halides is 3. The maximum Gasteiger partial charge on any atom is 0.417 e. The van der Waals surface area contributed by atoms with E-state index in [1.807, 2.05) is 0 Å². The van der Waals surface area contributed by atoms with Crippen molar-refractivity contribution in [1.29, 1.82) is 0 Å². The van der Waals surface area contributed by atoms with Crippen LogP contribution in [0.5, 0.6) is 0 Å². The molecule has 0 fully saturated rings. The van der Waals surface area contributed by atoms with Crippen LogP contribution in [0.1, 0.15) is 27.3 Å². The number of carbonyl (C=O) groups excluding carboxylic acids is 1. The van der Waals surface area contributed by atoms with E-state index >= 15 is 0 Å². The summed E-state index contributed by atoms with van der Waals surface area (Å²) in [4.78, 5) is 16.7. The second kappa shape index (κ2) is 6.81. The molecular weight excluding hydrogens is 390 g/mol. The number of nitrogens with one attached hydrogen (secondary N) is 1. The lowest BCUT2D eigenvalue weighted by Crippen LogP contribution is -2.25. The number of carbonyl (C=O) groups is 1. The molecule has 3 aromatic rings. The lowest BCUT2D eigenvalue weighted by atomic mass is 10.2. The molecule has 2 heterocycles. The van der Waals surface area contributed by atoms with E-state index in [0.29, 0.717) is 10.6 Å². The summed E-state index contributed by atoms with van der Waals surface area (Å²) in [7, 11) is 0. The summed E-state index contributed by atoms with van der Waals surface area (Å²) in [5.74, 6) is -0.578. The van der Waals surface area contributed by atoms with E-state index in [1.54, 1.807) is 24.3 Å². The summed E-state index contributed by atoms with van der Waals surface area (Å²) in [6.45, 7) is 1.65. The van der Waals surface area contributed by atoms with Gasteiger partial charge in [-0.3, -0.25) is 9.20 Å². The van der Waals surface area contributed by atoms with E-state index in [4.69, 9.17) is 23.2 Å². The molecule has 0 saturated heterocycles. The molecule has 9 heteroatoms. The van der Waals surface area contributed by atoms with Crippen LogP contribution in [0, 0.1) is 6.92 Å². The monoisotopic (exact) mass is 401 g/mol. The average Bonchev–Trinajstić information content (AvgIpc) is 2.90. The number of halogens is 5. The fraction of sp³-hybridized carbons (Fsp3) is 0.176. The minimum absolute atomic E-state index is 0.0138. The van der Waals surface area contributed by atoms with Crippen LogP contribution in [0.4, 0.5) is 13.2 Å². The highest BCUT2D eigenvalue weighted by Crippen LogP contribution is 2.33. The molecule has 0 saturated carbocycles. The van der Waals surface area contributed by atoms with Crippen LogP contribution >= 0.6 is 23.2 Å². The van der Waals surface area contributed by atoms with Crippen molar-refractivity contribution in [2.45, 2.75) is 19.6 Å². The Morgan fingerprint density at radius 3 is 2.58 bits per heavy atom. The third-order valence-electron chi connectivity index (χ3n) is 3.79. The third kappa shape index (κ3) is 3.50. The Morgan fingerprint density at radius 2 is 1.92 bits per heavy atom. The Labute approximate surface area is 156 Å². The zero-order chi connectivity index (χ0) is 19.1. The van der Waals surface area contributed by atoms with E-state index in [9.17, 15) is 18.0 Å². The summed E-state index contributed by atoms with van der Waals surface area (Å²) in [5, 5.41) is 2.93. The highest BCUT2D eigenvalue weighted by molar-refractivity contribution is 6.33. The normalized spacial score (nSPS) is 11.8. The first-order valence-electron chi connectivity index (χ1n) is 7.45. The molecule has 4 nitrogen and oxygen atoms in total. The predicted octanol–water partition coefficient (Wildman–Crippen LogP) is 4.90. The number of amides is 1. The average molecular weight is 402 g/mol. The molecule has 3 rings (SSSR count). The molecule has 1 aromatic carbocycles. The zero-order valence-electron chi connectivity index (χ0n) is 13.4. The maximum atomic E-state index is 13.0. The van der Waals surface area contributed by atoms with Crippen LogP contribution in [0.25, 0.3) is 5.65 Å². The Hall–Kier alpha value is -2.25. The van der Waals surface area contributed by atoms with Gasteiger partial charge in [-0.15, -0.1) is 0 Å². The minimum Gasteiger partial charge on any atom is -0.347 e. The summed E-state index contributed by atoms with van der Waals surface area (Å²) >= 11 is 12.0. The molecule has 1 amide bonds. The number of aryl methyl sites for hydroxylation is 1. The van der Waals surface area contributed by atoms with E-state index in [0.717, 1.165) is 16.7 Å². The van der Waals surface area contributed by atoms with E-state index in [2.05, 4.69) is 10.3 Å². The Kier molecular flexibility index (Phi) is 4.86. The lowest BCUT2D eigenvalue weighted by Gasteiger charge is -2.10. The van der Waals surface area contributed by atoms with E-state index in [1.165, 1.54) is 6.92 Å². The molecule has 1 N–H and O–H groups in total. The second-order valence-electron chi connectivity index (χ2n) is 5.59. The number of fused-ring (bicyclic) bond motifs is 1. The van der Waals surface area contributed by atoms with Gasteiger partial charge in [0.15, 0.2) is 5.65 Å². The van der Waals surface area contributed by atoms with Crippen LogP contribution in [0.2, 0.25) is 10.0 Å². The van der Waals surface area contributed by atoms with Crippen LogP contribution in [-0.4, -0.2) is 15.3 Å². The molecule has 0 aliphatic rings. The highest BCUT2D eigenvalue weighted by atomic mass is 35.5. The van der Waals surface area contributed by atoms with Crippen molar-refractivity contribution in [2.24, 2.45) is 0 Å². The highest BCUT2D eigenvalue weighted by Gasteiger charge is 2.32. The number of imidazole rings is 1. The summed E-state index contributed by atoms with van der Waals surface area (Å²) in [6.07, 6.45) is -3.78. The van der Waals surface area contributed by atoms with E-state index in [-0.39, 0.29) is 28.6 Å². The third-order valence-corrected chi connectivity index (χ3v) is 4.44. The first-order chi connectivity index (χ1) is 12.2. The van der Waals surface area contributed by atoms with Crippen LogP contribution in [-0.2, 0) is 12.7 Å². The van der Waals surface area contributed by atoms with Crippen LogP contribution in [0.3, 0.4) is 0 Å². The molecule has 0 unspecified atom stereocenters. The van der Waals surface area contributed by atoms with Gasteiger partial charge in [0.05, 0.1) is 16.3 Å². The standard InChI is InChI=1S/C17H12Cl2F3N3O/c1-9-14(16(26)23-7-10-4-2-3-5-12(10)18)25-8-11(17(20,21)22)6-13(19)15(25)24-9/h2-6,8H,7H2,1H3,(H,23,26). The quantitative estimate of drug-likeness (QED) is 0.678. The molecule has 0 aliphatic carbocycles. The van der Waals surface area contributed by atoms with Gasteiger partial charge in [0.1, 0.15) is 5.69 Å². The summed E-state index contributed by atoms with van der Waals surface area (Å²) in [5.41, 5.74) is 0.0542. The number of nitrogens with zero attached hydrogens (tertiary/aromatic N) is 2. The molecule has 136 valence electrons. The van der Waals surface area contributed by atoms with Gasteiger partial charge in [-0.25, -0.2) is 4.98 Å². The van der Waals surface area contributed by atoms with Crippen molar-refractivity contribution in [3.8, 4) is 0 Å². The molecule has 0 bridgehead atoms. The molecule has 0 atom stereocenters. The number of pyridine rings is 1. The van der Waals surface area contributed by atoms with Gasteiger partial charge in [0.2, 0.25) is 0 Å². The van der Waals surface area contributed by atoms with Gasteiger partial charge in [0.25, 0.3) is 5.91 Å². The first kappa shape index (κ1) is 18.5. The van der Waals surface area contributed by atoms with Gasteiger partial charge in [-0.1, -0.05) is 41.4 Å². The van der Waals surface area contributed by atoms with Gasteiger partial charge in [-0.2, -0.15) is 13.2 Å². The van der Waals surface area contributed by atoms with Gasteiger partial charge >= 0.3 is 6.18 Å².